The number of methoxy groups -OCH3 is 1. The Kier molecular flexibility index (Phi) is 6.80. The third-order valence-electron chi connectivity index (χ3n) is 7.13. The Labute approximate surface area is 207 Å². The maximum absolute atomic E-state index is 13.2. The molecule has 0 saturated carbocycles. The summed E-state index contributed by atoms with van der Waals surface area (Å²) in [6.07, 6.45) is 5.90. The summed E-state index contributed by atoms with van der Waals surface area (Å²) in [7, 11) is -2.19. The highest BCUT2D eigenvalue weighted by Crippen LogP contribution is 2.35. The summed E-state index contributed by atoms with van der Waals surface area (Å²) in [6.45, 7) is 3.12. The SMILES string of the molecule is COc1cccc(C(CNC(=O)c2ccc3c(c2)S(=O)(=O)N=C2CCCCCN23)N2CCCC2)c1. The van der Waals surface area contributed by atoms with Gasteiger partial charge in [-0.2, -0.15) is 8.42 Å². The number of carbonyl (C=O) groups is 1. The van der Waals surface area contributed by atoms with Gasteiger partial charge in [0.1, 0.15) is 16.5 Å². The number of anilines is 1. The number of hydrogen-bond donors (Lipinski definition) is 1. The lowest BCUT2D eigenvalue weighted by atomic mass is 10.0. The molecule has 5 rings (SSSR count). The fourth-order valence-electron chi connectivity index (χ4n) is 5.27. The normalized spacial score (nSPS) is 20.3. The van der Waals surface area contributed by atoms with Gasteiger partial charge in [0.05, 0.1) is 18.8 Å². The molecule has 35 heavy (non-hydrogen) atoms. The van der Waals surface area contributed by atoms with E-state index in [-0.39, 0.29) is 16.8 Å². The third-order valence-corrected chi connectivity index (χ3v) is 8.46. The summed E-state index contributed by atoms with van der Waals surface area (Å²) < 4.78 is 35.4. The molecule has 1 amide bonds. The van der Waals surface area contributed by atoms with E-state index in [2.05, 4.69) is 20.7 Å². The first-order chi connectivity index (χ1) is 17.0. The Bertz CT molecular complexity index is 1240. The van der Waals surface area contributed by atoms with Gasteiger partial charge in [0, 0.05) is 25.1 Å². The number of hydrogen-bond acceptors (Lipinski definition) is 6. The largest absolute Gasteiger partial charge is 0.497 e. The lowest BCUT2D eigenvalue weighted by Gasteiger charge is -2.30. The van der Waals surface area contributed by atoms with E-state index in [1.165, 1.54) is 6.07 Å². The molecule has 3 aliphatic heterocycles. The van der Waals surface area contributed by atoms with Gasteiger partial charge in [0.2, 0.25) is 0 Å². The summed E-state index contributed by atoms with van der Waals surface area (Å²) in [4.78, 5) is 17.6. The van der Waals surface area contributed by atoms with Crippen molar-refractivity contribution in [2.24, 2.45) is 4.40 Å². The van der Waals surface area contributed by atoms with Gasteiger partial charge in [0.15, 0.2) is 0 Å². The van der Waals surface area contributed by atoms with E-state index in [0.29, 0.717) is 30.1 Å². The van der Waals surface area contributed by atoms with Crippen molar-refractivity contribution in [2.45, 2.75) is 49.5 Å². The van der Waals surface area contributed by atoms with Crippen LogP contribution in [0.2, 0.25) is 0 Å². The highest BCUT2D eigenvalue weighted by molar-refractivity contribution is 7.90. The van der Waals surface area contributed by atoms with E-state index in [4.69, 9.17) is 4.74 Å². The van der Waals surface area contributed by atoms with Crippen LogP contribution in [-0.2, 0) is 10.0 Å². The van der Waals surface area contributed by atoms with E-state index < -0.39 is 10.0 Å². The predicted octanol–water partition coefficient (Wildman–Crippen LogP) is 3.74. The smallest absolute Gasteiger partial charge is 0.286 e. The minimum Gasteiger partial charge on any atom is -0.497 e. The fraction of sp³-hybridized carbons (Fsp3) is 0.462. The van der Waals surface area contributed by atoms with Gasteiger partial charge >= 0.3 is 0 Å². The lowest BCUT2D eigenvalue weighted by Crippen LogP contribution is -2.37. The summed E-state index contributed by atoms with van der Waals surface area (Å²) in [5.41, 5.74) is 2.04. The molecule has 0 aromatic heterocycles. The molecular formula is C26H32N4O4S. The summed E-state index contributed by atoms with van der Waals surface area (Å²) in [5, 5.41) is 3.05. The van der Waals surface area contributed by atoms with Gasteiger partial charge < -0.3 is 15.0 Å². The second kappa shape index (κ2) is 9.99. The molecule has 2 aromatic carbocycles. The molecule has 0 radical (unpaired) electrons. The van der Waals surface area contributed by atoms with Crippen molar-refractivity contribution in [3.63, 3.8) is 0 Å². The molecule has 0 bridgehead atoms. The number of likely N-dealkylation sites (tertiary alicyclic amines) is 1. The van der Waals surface area contributed by atoms with Gasteiger partial charge in [-0.1, -0.05) is 18.6 Å². The fourth-order valence-corrected chi connectivity index (χ4v) is 6.56. The topological polar surface area (TPSA) is 91.3 Å². The number of fused-ring (bicyclic) bond motifs is 3. The van der Waals surface area contributed by atoms with Gasteiger partial charge in [0.25, 0.3) is 15.9 Å². The van der Waals surface area contributed by atoms with Crippen LogP contribution >= 0.6 is 0 Å². The Hall–Kier alpha value is -2.91. The monoisotopic (exact) mass is 496 g/mol. The maximum atomic E-state index is 13.2. The van der Waals surface area contributed by atoms with Crippen LogP contribution in [0.25, 0.3) is 0 Å². The number of ether oxygens (including phenoxy) is 1. The Morgan fingerprint density at radius 2 is 1.86 bits per heavy atom. The summed E-state index contributed by atoms with van der Waals surface area (Å²) in [5.74, 6) is 1.10. The van der Waals surface area contributed by atoms with Crippen molar-refractivity contribution in [1.82, 2.24) is 10.2 Å². The molecule has 2 saturated heterocycles. The number of nitrogens with one attached hydrogen (secondary N) is 1. The average Bonchev–Trinajstić information content (AvgIpc) is 3.29. The van der Waals surface area contributed by atoms with Crippen LogP contribution in [-0.4, -0.2) is 58.3 Å². The predicted molar refractivity (Wildman–Crippen MR) is 136 cm³/mol. The number of nitrogens with zero attached hydrogens (tertiary/aromatic N) is 3. The van der Waals surface area contributed by atoms with Crippen molar-refractivity contribution in [1.29, 1.82) is 0 Å². The number of amides is 1. The molecular weight excluding hydrogens is 464 g/mol. The molecule has 3 aliphatic rings. The molecule has 2 fully saturated rings. The van der Waals surface area contributed by atoms with E-state index in [1.54, 1.807) is 19.2 Å². The van der Waals surface area contributed by atoms with E-state index in [1.807, 2.05) is 23.1 Å². The average molecular weight is 497 g/mol. The van der Waals surface area contributed by atoms with Crippen molar-refractivity contribution >= 4 is 27.5 Å². The van der Waals surface area contributed by atoms with Crippen LogP contribution in [0.15, 0.2) is 51.8 Å². The van der Waals surface area contributed by atoms with Gasteiger partial charge in [-0.05, 0) is 74.7 Å². The summed E-state index contributed by atoms with van der Waals surface area (Å²) >= 11 is 0. The van der Waals surface area contributed by atoms with Crippen molar-refractivity contribution < 1.29 is 17.9 Å². The maximum Gasteiger partial charge on any atom is 0.286 e. The first-order valence-corrected chi connectivity index (χ1v) is 13.8. The second-order valence-corrected chi connectivity index (χ2v) is 10.9. The zero-order valence-electron chi connectivity index (χ0n) is 20.1. The molecule has 1 N–H and O–H groups in total. The van der Waals surface area contributed by atoms with Crippen LogP contribution in [0.3, 0.4) is 0 Å². The first-order valence-electron chi connectivity index (χ1n) is 12.4. The quantitative estimate of drug-likeness (QED) is 0.655. The van der Waals surface area contributed by atoms with Crippen LogP contribution in [0, 0.1) is 0 Å². The zero-order valence-corrected chi connectivity index (χ0v) is 20.9. The molecule has 1 unspecified atom stereocenters. The highest BCUT2D eigenvalue weighted by Gasteiger charge is 2.32. The molecule has 1 atom stereocenters. The minimum absolute atomic E-state index is 0.0159. The van der Waals surface area contributed by atoms with E-state index in [0.717, 1.165) is 63.1 Å². The third kappa shape index (κ3) is 4.92. The Balaban J connectivity index is 1.37. The summed E-state index contributed by atoms with van der Waals surface area (Å²) in [6, 6.07) is 12.9. The second-order valence-electron chi connectivity index (χ2n) is 9.37. The van der Waals surface area contributed by atoms with Crippen LogP contribution < -0.4 is 15.0 Å². The molecule has 3 heterocycles. The van der Waals surface area contributed by atoms with Crippen molar-refractivity contribution in [3.05, 3.63) is 53.6 Å². The first kappa shape index (κ1) is 23.8. The van der Waals surface area contributed by atoms with Crippen molar-refractivity contribution in [2.75, 3.05) is 38.2 Å². The number of benzene rings is 2. The molecule has 0 spiro atoms. The van der Waals surface area contributed by atoms with Crippen molar-refractivity contribution in [3.8, 4) is 5.75 Å². The standard InChI is InChI=1S/C26H32N4O4S/c1-34-21-9-7-8-19(16-21)23(29-13-5-6-14-29)18-27-26(31)20-11-12-22-24(17-20)35(32,33)28-25-10-3-2-4-15-30(22)25/h7-9,11-12,16-17,23H,2-6,10,13-15,18H2,1H3,(H,27,31). The minimum atomic E-state index is -3.84. The van der Waals surface area contributed by atoms with E-state index >= 15 is 0 Å². The Morgan fingerprint density at radius 1 is 1.06 bits per heavy atom. The molecule has 2 aromatic rings. The molecule has 0 aliphatic carbocycles. The Morgan fingerprint density at radius 3 is 2.66 bits per heavy atom. The molecule has 9 heteroatoms. The number of carbonyl (C=O) groups excluding carboxylic acids is 1. The van der Waals surface area contributed by atoms with Gasteiger partial charge in [-0.3, -0.25) is 9.69 Å². The number of amidine groups is 1. The van der Waals surface area contributed by atoms with E-state index in [9.17, 15) is 13.2 Å². The van der Waals surface area contributed by atoms with Crippen LogP contribution in [0.4, 0.5) is 5.69 Å². The zero-order chi connectivity index (χ0) is 24.4. The number of sulfonamides is 1. The molecule has 8 nitrogen and oxygen atoms in total. The number of rotatable bonds is 6. The lowest BCUT2D eigenvalue weighted by molar-refractivity contribution is 0.0937. The van der Waals surface area contributed by atoms with Gasteiger partial charge in [-0.25, -0.2) is 0 Å². The van der Waals surface area contributed by atoms with Crippen LogP contribution in [0.5, 0.6) is 5.75 Å². The van der Waals surface area contributed by atoms with Gasteiger partial charge in [-0.15, -0.1) is 4.40 Å². The van der Waals surface area contributed by atoms with Crippen LogP contribution in [0.1, 0.15) is 60.5 Å². The molecule has 186 valence electrons. The highest BCUT2D eigenvalue weighted by atomic mass is 32.2.